The Morgan fingerprint density at radius 3 is 2.42 bits per heavy atom. The normalized spacial score (nSPS) is 11.5. The topological polar surface area (TPSA) is 115 Å². The highest BCUT2D eigenvalue weighted by Gasteiger charge is 2.15. The van der Waals surface area contributed by atoms with E-state index in [-0.39, 0.29) is 4.90 Å². The summed E-state index contributed by atoms with van der Waals surface area (Å²) < 4.78 is 33.8. The van der Waals surface area contributed by atoms with Crippen molar-refractivity contribution in [3.63, 3.8) is 0 Å². The van der Waals surface area contributed by atoms with Crippen LogP contribution in [0.15, 0.2) is 95.1 Å². The fraction of sp³-hybridized carbons (Fsp3) is 0.0800. The van der Waals surface area contributed by atoms with Crippen LogP contribution in [0.3, 0.4) is 0 Å². The number of ether oxygens (including phenoxy) is 1. The van der Waals surface area contributed by atoms with Crippen molar-refractivity contribution in [2.75, 3.05) is 13.7 Å². The number of hydrogen-bond acceptors (Lipinski definition) is 6. The van der Waals surface area contributed by atoms with Gasteiger partial charge in [-0.2, -0.15) is 10.2 Å². The number of hydrazone groups is 1. The molecule has 0 aliphatic carbocycles. The van der Waals surface area contributed by atoms with Crippen LogP contribution < -0.4 is 14.9 Å². The number of hydrogen-bond donors (Lipinski definition) is 2. The first-order valence-corrected chi connectivity index (χ1v) is 12.6. The van der Waals surface area contributed by atoms with Crippen LogP contribution in [0.4, 0.5) is 0 Å². The van der Waals surface area contributed by atoms with E-state index in [1.165, 1.54) is 30.5 Å². The van der Waals surface area contributed by atoms with Crippen LogP contribution in [0.1, 0.15) is 5.56 Å². The van der Waals surface area contributed by atoms with E-state index in [0.717, 1.165) is 11.3 Å². The number of sulfonamides is 1. The second-order valence-corrected chi connectivity index (χ2v) is 9.72. The number of benzene rings is 3. The minimum atomic E-state index is -3.87. The number of nitrogens with zero attached hydrogens (tertiary/aromatic N) is 3. The molecule has 1 amide bonds. The van der Waals surface area contributed by atoms with Crippen molar-refractivity contribution < 1.29 is 17.9 Å². The molecule has 3 aromatic carbocycles. The van der Waals surface area contributed by atoms with Crippen LogP contribution in [-0.2, 0) is 14.8 Å². The molecule has 1 aromatic heterocycles. The first-order valence-electron chi connectivity index (χ1n) is 10.7. The molecule has 184 valence electrons. The van der Waals surface area contributed by atoms with E-state index in [9.17, 15) is 13.2 Å². The summed E-state index contributed by atoms with van der Waals surface area (Å²) in [6, 6.07) is 22.6. The Kier molecular flexibility index (Phi) is 7.79. The molecular weight excluding hydrogens is 502 g/mol. The number of amides is 1. The van der Waals surface area contributed by atoms with Gasteiger partial charge in [-0.05, 0) is 60.7 Å². The largest absolute Gasteiger partial charge is 0.497 e. The summed E-state index contributed by atoms with van der Waals surface area (Å²) >= 11 is 5.79. The van der Waals surface area contributed by atoms with Gasteiger partial charge in [-0.15, -0.1) is 0 Å². The number of halogens is 1. The lowest BCUT2D eigenvalue weighted by Gasteiger charge is -2.06. The third-order valence-electron chi connectivity index (χ3n) is 5.07. The number of methoxy groups -OCH3 is 1. The van der Waals surface area contributed by atoms with E-state index < -0.39 is 22.5 Å². The molecule has 4 rings (SSSR count). The molecule has 0 fully saturated rings. The predicted octanol–water partition coefficient (Wildman–Crippen LogP) is 3.63. The van der Waals surface area contributed by atoms with Crippen LogP contribution in [-0.4, -0.2) is 44.0 Å². The minimum absolute atomic E-state index is 0.000612. The van der Waals surface area contributed by atoms with E-state index in [1.54, 1.807) is 18.0 Å². The summed E-state index contributed by atoms with van der Waals surface area (Å²) in [6.45, 7) is -0.489. The van der Waals surface area contributed by atoms with Gasteiger partial charge in [0.2, 0.25) is 10.0 Å². The summed E-state index contributed by atoms with van der Waals surface area (Å²) in [5, 5.41) is 9.09. The number of carbonyl (C=O) groups is 1. The Hall–Kier alpha value is -3.99. The molecule has 0 aliphatic rings. The van der Waals surface area contributed by atoms with Crippen LogP contribution in [0.25, 0.3) is 16.9 Å². The molecule has 0 bridgehead atoms. The molecule has 1 heterocycles. The van der Waals surface area contributed by atoms with Crippen molar-refractivity contribution in [3.8, 4) is 22.7 Å². The maximum Gasteiger partial charge on any atom is 0.255 e. The number of carbonyl (C=O) groups excluding carboxylic acids is 1. The Morgan fingerprint density at radius 2 is 1.75 bits per heavy atom. The molecule has 11 heteroatoms. The standard InChI is InChI=1S/C25H22ClN5O4S/c1-35-22-11-7-18(8-12-22)25-19(17-31(30-25)21-5-3-2-4-6-21)15-27-29-24(32)16-28-36(33,34)23-13-9-20(26)10-14-23/h2-15,17,28H,16H2,1H3,(H,29,32). The molecule has 9 nitrogen and oxygen atoms in total. The van der Waals surface area contributed by atoms with Gasteiger partial charge >= 0.3 is 0 Å². The molecule has 4 aromatic rings. The van der Waals surface area contributed by atoms with Gasteiger partial charge in [-0.1, -0.05) is 29.8 Å². The van der Waals surface area contributed by atoms with Gasteiger partial charge in [-0.3, -0.25) is 4.79 Å². The third-order valence-corrected chi connectivity index (χ3v) is 6.74. The molecule has 2 N–H and O–H groups in total. The Balaban J connectivity index is 1.48. The third kappa shape index (κ3) is 6.16. The second-order valence-electron chi connectivity index (χ2n) is 7.51. The molecule has 0 radical (unpaired) electrons. The van der Waals surface area contributed by atoms with Gasteiger partial charge in [0.05, 0.1) is 30.5 Å². The van der Waals surface area contributed by atoms with Crippen molar-refractivity contribution in [3.05, 3.63) is 95.6 Å². The molecule has 0 atom stereocenters. The fourth-order valence-corrected chi connectivity index (χ4v) is 4.35. The van der Waals surface area contributed by atoms with Crippen LogP contribution in [0, 0.1) is 0 Å². The first kappa shape index (κ1) is 25.1. The number of para-hydroxylation sites is 1. The lowest BCUT2D eigenvalue weighted by atomic mass is 10.1. The Labute approximate surface area is 213 Å². The van der Waals surface area contributed by atoms with Crippen LogP contribution in [0.2, 0.25) is 5.02 Å². The Bertz CT molecular complexity index is 1470. The number of nitrogens with one attached hydrogen (secondary N) is 2. The Morgan fingerprint density at radius 1 is 1.06 bits per heavy atom. The number of aromatic nitrogens is 2. The first-order chi connectivity index (χ1) is 17.4. The van der Waals surface area contributed by atoms with Crippen molar-refractivity contribution in [1.82, 2.24) is 19.9 Å². The molecule has 0 aliphatic heterocycles. The SMILES string of the molecule is COc1ccc(-c2nn(-c3ccccc3)cc2C=NNC(=O)CNS(=O)(=O)c2ccc(Cl)cc2)cc1. The lowest BCUT2D eigenvalue weighted by molar-refractivity contribution is -0.119. The highest BCUT2D eigenvalue weighted by atomic mass is 35.5. The van der Waals surface area contributed by atoms with E-state index in [4.69, 9.17) is 16.3 Å². The minimum Gasteiger partial charge on any atom is -0.497 e. The molecule has 0 spiro atoms. The van der Waals surface area contributed by atoms with E-state index in [2.05, 4.69) is 20.3 Å². The van der Waals surface area contributed by atoms with Crippen molar-refractivity contribution in [2.24, 2.45) is 5.10 Å². The van der Waals surface area contributed by atoms with Crippen molar-refractivity contribution in [2.45, 2.75) is 4.90 Å². The highest BCUT2D eigenvalue weighted by Crippen LogP contribution is 2.25. The van der Waals surface area contributed by atoms with Crippen molar-refractivity contribution >= 4 is 33.7 Å². The molecule has 0 unspecified atom stereocenters. The van der Waals surface area contributed by atoms with Gasteiger partial charge in [0.25, 0.3) is 5.91 Å². The highest BCUT2D eigenvalue weighted by molar-refractivity contribution is 7.89. The van der Waals surface area contributed by atoms with Crippen LogP contribution >= 0.6 is 11.6 Å². The summed E-state index contributed by atoms with van der Waals surface area (Å²) in [5.41, 5.74) is 5.30. The average Bonchev–Trinajstić information content (AvgIpc) is 3.32. The lowest BCUT2D eigenvalue weighted by Crippen LogP contribution is -2.34. The monoisotopic (exact) mass is 523 g/mol. The van der Waals surface area contributed by atoms with Gasteiger partial charge < -0.3 is 4.74 Å². The smallest absolute Gasteiger partial charge is 0.255 e. The molecule has 36 heavy (non-hydrogen) atoms. The van der Waals surface area contributed by atoms with E-state index in [1.807, 2.05) is 54.6 Å². The van der Waals surface area contributed by atoms with Crippen LogP contribution in [0.5, 0.6) is 5.75 Å². The molecule has 0 saturated heterocycles. The quantitative estimate of drug-likeness (QED) is 0.257. The molecule has 0 saturated carbocycles. The summed E-state index contributed by atoms with van der Waals surface area (Å²) in [6.07, 6.45) is 3.24. The maximum absolute atomic E-state index is 12.3. The maximum atomic E-state index is 12.3. The summed E-state index contributed by atoms with van der Waals surface area (Å²) in [5.74, 6) is 0.0787. The van der Waals surface area contributed by atoms with Gasteiger partial charge in [-0.25, -0.2) is 23.2 Å². The zero-order chi connectivity index (χ0) is 25.5. The van der Waals surface area contributed by atoms with Gasteiger partial charge in [0, 0.05) is 22.3 Å². The van der Waals surface area contributed by atoms with Crippen molar-refractivity contribution in [1.29, 1.82) is 0 Å². The zero-order valence-electron chi connectivity index (χ0n) is 19.1. The zero-order valence-corrected chi connectivity index (χ0v) is 20.7. The fourth-order valence-electron chi connectivity index (χ4n) is 3.24. The second kappa shape index (κ2) is 11.2. The average molecular weight is 524 g/mol. The van der Waals surface area contributed by atoms with Gasteiger partial charge in [0.1, 0.15) is 11.4 Å². The predicted molar refractivity (Wildman–Crippen MR) is 138 cm³/mol. The summed E-state index contributed by atoms with van der Waals surface area (Å²) in [7, 11) is -2.28. The van der Waals surface area contributed by atoms with E-state index in [0.29, 0.717) is 22.0 Å². The summed E-state index contributed by atoms with van der Waals surface area (Å²) in [4.78, 5) is 12.2. The molecular formula is C25H22ClN5O4S. The van der Waals surface area contributed by atoms with E-state index >= 15 is 0 Å². The number of rotatable bonds is 9. The van der Waals surface area contributed by atoms with Gasteiger partial charge in [0.15, 0.2) is 0 Å².